The maximum atomic E-state index is 12.5. The SMILES string of the molecule is COc1ccc(-c2ccc(=O)n(CC(=O)Nc3ccc4cc[nH]c4c3)n2)cc1OC. The molecule has 0 bridgehead atoms. The molecule has 0 radical (unpaired) electrons. The number of hydrogen-bond donors (Lipinski definition) is 2. The maximum Gasteiger partial charge on any atom is 0.267 e. The molecule has 30 heavy (non-hydrogen) atoms. The average molecular weight is 404 g/mol. The van der Waals surface area contributed by atoms with Crippen LogP contribution in [0.5, 0.6) is 11.5 Å². The summed E-state index contributed by atoms with van der Waals surface area (Å²) in [4.78, 5) is 27.8. The van der Waals surface area contributed by atoms with E-state index in [2.05, 4.69) is 15.4 Å². The minimum Gasteiger partial charge on any atom is -0.493 e. The van der Waals surface area contributed by atoms with Crippen molar-refractivity contribution in [3.8, 4) is 22.8 Å². The van der Waals surface area contributed by atoms with Crippen molar-refractivity contribution >= 4 is 22.5 Å². The number of H-pyrrole nitrogens is 1. The molecule has 0 aliphatic carbocycles. The Balaban J connectivity index is 1.55. The van der Waals surface area contributed by atoms with Gasteiger partial charge in [0.1, 0.15) is 6.54 Å². The number of benzene rings is 2. The van der Waals surface area contributed by atoms with Crippen LogP contribution in [0.25, 0.3) is 22.2 Å². The van der Waals surface area contributed by atoms with Gasteiger partial charge in [0.25, 0.3) is 5.56 Å². The van der Waals surface area contributed by atoms with Crippen molar-refractivity contribution in [2.45, 2.75) is 6.54 Å². The van der Waals surface area contributed by atoms with Gasteiger partial charge in [-0.25, -0.2) is 4.68 Å². The van der Waals surface area contributed by atoms with Crippen LogP contribution in [-0.2, 0) is 11.3 Å². The van der Waals surface area contributed by atoms with E-state index in [9.17, 15) is 9.59 Å². The largest absolute Gasteiger partial charge is 0.493 e. The molecule has 8 nitrogen and oxygen atoms in total. The third-order valence-corrected chi connectivity index (χ3v) is 4.68. The standard InChI is InChI=1S/C22H20N4O4/c1-29-19-7-4-15(11-20(19)30-2)17-6-8-22(28)26(25-17)13-21(27)24-16-5-3-14-9-10-23-18(14)12-16/h3-12,23H,13H2,1-2H3,(H,24,27). The average Bonchev–Trinajstić information content (AvgIpc) is 3.22. The van der Waals surface area contributed by atoms with Gasteiger partial charge in [-0.2, -0.15) is 5.10 Å². The van der Waals surface area contributed by atoms with Gasteiger partial charge in [-0.1, -0.05) is 6.07 Å². The summed E-state index contributed by atoms with van der Waals surface area (Å²) in [6.07, 6.45) is 1.83. The van der Waals surface area contributed by atoms with Crippen LogP contribution in [0.2, 0.25) is 0 Å². The first-order valence-electron chi connectivity index (χ1n) is 9.25. The molecule has 0 aliphatic heterocycles. The minimum absolute atomic E-state index is 0.206. The molecule has 0 atom stereocenters. The summed E-state index contributed by atoms with van der Waals surface area (Å²) < 4.78 is 11.7. The highest BCUT2D eigenvalue weighted by Gasteiger charge is 2.11. The van der Waals surface area contributed by atoms with E-state index in [0.717, 1.165) is 21.1 Å². The fraction of sp³-hybridized carbons (Fsp3) is 0.136. The van der Waals surface area contributed by atoms with Crippen LogP contribution in [-0.4, -0.2) is 34.9 Å². The number of carbonyl (C=O) groups is 1. The molecule has 0 saturated heterocycles. The number of nitrogens with zero attached hydrogens (tertiary/aromatic N) is 2. The molecule has 0 fully saturated rings. The Hall–Kier alpha value is -4.07. The highest BCUT2D eigenvalue weighted by atomic mass is 16.5. The quantitative estimate of drug-likeness (QED) is 0.515. The lowest BCUT2D eigenvalue weighted by Crippen LogP contribution is -2.29. The molecule has 0 unspecified atom stereocenters. The van der Waals surface area contributed by atoms with Crippen molar-refractivity contribution in [2.24, 2.45) is 0 Å². The van der Waals surface area contributed by atoms with E-state index >= 15 is 0 Å². The summed E-state index contributed by atoms with van der Waals surface area (Å²) in [5.41, 5.74) is 2.46. The van der Waals surface area contributed by atoms with E-state index in [0.29, 0.717) is 22.9 Å². The Morgan fingerprint density at radius 1 is 1.03 bits per heavy atom. The van der Waals surface area contributed by atoms with Gasteiger partial charge in [0, 0.05) is 29.0 Å². The number of aromatic amines is 1. The third-order valence-electron chi connectivity index (χ3n) is 4.68. The lowest BCUT2D eigenvalue weighted by atomic mass is 10.1. The minimum atomic E-state index is -0.366. The molecular formula is C22H20N4O4. The molecule has 4 aromatic rings. The van der Waals surface area contributed by atoms with E-state index in [-0.39, 0.29) is 18.0 Å². The lowest BCUT2D eigenvalue weighted by molar-refractivity contribution is -0.117. The highest BCUT2D eigenvalue weighted by Crippen LogP contribution is 2.31. The number of ether oxygens (including phenoxy) is 2. The van der Waals surface area contributed by atoms with E-state index in [1.54, 1.807) is 32.4 Å². The Bertz CT molecular complexity index is 1280. The first-order chi connectivity index (χ1) is 14.6. The number of carbonyl (C=O) groups excluding carboxylic acids is 1. The summed E-state index contributed by atoms with van der Waals surface area (Å²) in [6, 6.07) is 15.8. The first-order valence-corrected chi connectivity index (χ1v) is 9.25. The van der Waals surface area contributed by atoms with Gasteiger partial charge in [-0.3, -0.25) is 9.59 Å². The Morgan fingerprint density at radius 2 is 1.87 bits per heavy atom. The summed E-state index contributed by atoms with van der Waals surface area (Å²) >= 11 is 0. The van der Waals surface area contributed by atoms with Crippen molar-refractivity contribution < 1.29 is 14.3 Å². The van der Waals surface area contributed by atoms with E-state index in [4.69, 9.17) is 9.47 Å². The van der Waals surface area contributed by atoms with Gasteiger partial charge in [0.2, 0.25) is 5.91 Å². The van der Waals surface area contributed by atoms with Gasteiger partial charge in [-0.15, -0.1) is 0 Å². The molecule has 0 spiro atoms. The number of hydrogen-bond acceptors (Lipinski definition) is 5. The van der Waals surface area contributed by atoms with E-state index < -0.39 is 0 Å². The predicted octanol–water partition coefficient (Wildman–Crippen LogP) is 3.05. The van der Waals surface area contributed by atoms with Gasteiger partial charge in [-0.05, 0) is 47.9 Å². The summed E-state index contributed by atoms with van der Waals surface area (Å²) in [6.45, 7) is -0.206. The smallest absolute Gasteiger partial charge is 0.267 e. The molecule has 1 amide bonds. The molecule has 2 N–H and O–H groups in total. The van der Waals surface area contributed by atoms with Crippen LogP contribution in [0, 0.1) is 0 Å². The molecule has 8 heteroatoms. The van der Waals surface area contributed by atoms with Crippen molar-refractivity contribution in [1.82, 2.24) is 14.8 Å². The number of amides is 1. The van der Waals surface area contributed by atoms with Gasteiger partial charge >= 0.3 is 0 Å². The van der Waals surface area contributed by atoms with Crippen LogP contribution < -0.4 is 20.3 Å². The summed E-state index contributed by atoms with van der Waals surface area (Å²) in [5.74, 6) is 0.792. The monoisotopic (exact) mass is 404 g/mol. The zero-order valence-electron chi connectivity index (χ0n) is 16.5. The second kappa shape index (κ2) is 8.12. The molecule has 2 aromatic heterocycles. The second-order valence-electron chi connectivity index (χ2n) is 6.61. The maximum absolute atomic E-state index is 12.5. The Labute approximate surface area is 172 Å². The van der Waals surface area contributed by atoms with Gasteiger partial charge in [0.15, 0.2) is 11.5 Å². The molecule has 0 aliphatic rings. The Kier molecular flexibility index (Phi) is 5.21. The van der Waals surface area contributed by atoms with Crippen LogP contribution in [0.4, 0.5) is 5.69 Å². The van der Waals surface area contributed by atoms with Crippen molar-refractivity contribution in [3.63, 3.8) is 0 Å². The molecule has 0 saturated carbocycles. The van der Waals surface area contributed by atoms with Gasteiger partial charge < -0.3 is 19.8 Å². The lowest BCUT2D eigenvalue weighted by Gasteiger charge is -2.11. The van der Waals surface area contributed by atoms with Crippen molar-refractivity contribution in [2.75, 3.05) is 19.5 Å². The second-order valence-corrected chi connectivity index (χ2v) is 6.61. The number of nitrogens with one attached hydrogen (secondary N) is 2. The number of fused-ring (bicyclic) bond motifs is 1. The zero-order chi connectivity index (χ0) is 21.1. The van der Waals surface area contributed by atoms with E-state index in [1.807, 2.05) is 36.5 Å². The number of methoxy groups -OCH3 is 2. The van der Waals surface area contributed by atoms with E-state index in [1.165, 1.54) is 6.07 Å². The van der Waals surface area contributed by atoms with Crippen molar-refractivity contribution in [1.29, 1.82) is 0 Å². The van der Waals surface area contributed by atoms with Crippen molar-refractivity contribution in [3.05, 3.63) is 71.1 Å². The molecule has 2 heterocycles. The van der Waals surface area contributed by atoms with Crippen LogP contribution in [0.15, 0.2) is 65.6 Å². The van der Waals surface area contributed by atoms with Crippen LogP contribution in [0.3, 0.4) is 0 Å². The highest BCUT2D eigenvalue weighted by molar-refractivity contribution is 5.93. The molecule has 4 rings (SSSR count). The predicted molar refractivity (Wildman–Crippen MR) is 114 cm³/mol. The number of anilines is 1. The normalized spacial score (nSPS) is 10.7. The fourth-order valence-corrected chi connectivity index (χ4v) is 3.17. The van der Waals surface area contributed by atoms with Gasteiger partial charge in [0.05, 0.1) is 19.9 Å². The summed E-state index contributed by atoms with van der Waals surface area (Å²) in [7, 11) is 3.10. The van der Waals surface area contributed by atoms with Crippen LogP contribution in [0.1, 0.15) is 0 Å². The molecule has 2 aromatic carbocycles. The first kappa shape index (κ1) is 19.3. The molecule has 152 valence electrons. The zero-order valence-corrected chi connectivity index (χ0v) is 16.5. The van der Waals surface area contributed by atoms with Crippen LogP contribution >= 0.6 is 0 Å². The molecular weight excluding hydrogens is 384 g/mol. The fourth-order valence-electron chi connectivity index (χ4n) is 3.17. The number of rotatable bonds is 6. The topological polar surface area (TPSA) is 98.2 Å². The summed E-state index contributed by atoms with van der Waals surface area (Å²) in [5, 5.41) is 8.18. The third kappa shape index (κ3) is 3.88. The Morgan fingerprint density at radius 3 is 2.67 bits per heavy atom. The number of aromatic nitrogens is 3.